The zero-order chi connectivity index (χ0) is 35.7. The van der Waals surface area contributed by atoms with Crippen molar-refractivity contribution in [2.24, 2.45) is 5.92 Å². The number of pyridine rings is 1. The Balaban J connectivity index is 1.04. The molecule has 8 rings (SSSR count). The molecular formula is C39H41FN4O7. The van der Waals surface area contributed by atoms with Gasteiger partial charge >= 0.3 is 11.9 Å². The van der Waals surface area contributed by atoms with Gasteiger partial charge in [0.05, 0.1) is 29.6 Å². The first-order valence-electron chi connectivity index (χ1n) is 17.7. The van der Waals surface area contributed by atoms with Crippen LogP contribution in [0, 0.1) is 25.6 Å². The quantitative estimate of drug-likeness (QED) is 0.181. The van der Waals surface area contributed by atoms with E-state index in [0.717, 1.165) is 37.9 Å². The van der Waals surface area contributed by atoms with E-state index in [0.29, 0.717) is 48.5 Å². The molecule has 1 saturated carbocycles. The third-order valence-electron chi connectivity index (χ3n) is 11.5. The van der Waals surface area contributed by atoms with Crippen molar-refractivity contribution in [2.45, 2.75) is 70.5 Å². The van der Waals surface area contributed by atoms with Crippen molar-refractivity contribution in [1.29, 1.82) is 0 Å². The third-order valence-corrected chi connectivity index (χ3v) is 11.5. The van der Waals surface area contributed by atoms with E-state index in [1.165, 1.54) is 14.0 Å². The van der Waals surface area contributed by atoms with E-state index in [4.69, 9.17) is 9.47 Å². The number of esters is 1. The Labute approximate surface area is 294 Å². The molecule has 266 valence electrons. The van der Waals surface area contributed by atoms with Crippen LogP contribution in [0.2, 0.25) is 0 Å². The molecule has 51 heavy (non-hydrogen) atoms. The van der Waals surface area contributed by atoms with Crippen LogP contribution in [-0.2, 0) is 16.1 Å². The second kappa shape index (κ2) is 12.7. The van der Waals surface area contributed by atoms with Gasteiger partial charge in [0.25, 0.3) is 0 Å². The maximum Gasteiger partial charge on any atom is 0.341 e. The number of hydrogen-bond donors (Lipinski definition) is 1. The lowest BCUT2D eigenvalue weighted by atomic mass is 9.92. The fourth-order valence-corrected chi connectivity index (χ4v) is 8.87. The molecule has 1 aliphatic carbocycles. The number of fused-ring (bicyclic) bond motifs is 3. The van der Waals surface area contributed by atoms with Crippen LogP contribution in [0.5, 0.6) is 5.75 Å². The van der Waals surface area contributed by atoms with E-state index in [9.17, 15) is 24.3 Å². The molecule has 1 N–H and O–H groups in total. The minimum atomic E-state index is -1.33. The number of ketones is 1. The maximum atomic E-state index is 16.5. The summed E-state index contributed by atoms with van der Waals surface area (Å²) in [5, 5.41) is 9.98. The van der Waals surface area contributed by atoms with Crippen LogP contribution >= 0.6 is 0 Å². The summed E-state index contributed by atoms with van der Waals surface area (Å²) in [6.45, 7) is 5.59. The van der Waals surface area contributed by atoms with Gasteiger partial charge in [0.15, 0.2) is 11.6 Å². The molecule has 3 unspecified atom stereocenters. The van der Waals surface area contributed by atoms with Crippen LogP contribution in [-0.4, -0.2) is 76.4 Å². The number of piperidine rings is 1. The number of aromatic nitrogens is 2. The zero-order valence-corrected chi connectivity index (χ0v) is 29.0. The minimum absolute atomic E-state index is 0.00260. The lowest BCUT2D eigenvalue weighted by Crippen LogP contribution is -2.46. The molecule has 0 radical (unpaired) electrons. The van der Waals surface area contributed by atoms with Crippen LogP contribution in [0.4, 0.5) is 10.1 Å². The number of carbonyl (C=O) groups excluding carboxylic acids is 2. The second-order valence-corrected chi connectivity index (χ2v) is 14.4. The number of halogens is 1. The summed E-state index contributed by atoms with van der Waals surface area (Å²) in [5.74, 6) is -2.36. The number of carbonyl (C=O) groups is 3. The number of hydrogen-bond acceptors (Lipinski definition) is 8. The Bertz CT molecular complexity index is 2150. The molecule has 3 fully saturated rings. The van der Waals surface area contributed by atoms with E-state index < -0.39 is 23.1 Å². The number of methoxy groups -OCH3 is 1. The van der Waals surface area contributed by atoms with Crippen molar-refractivity contribution in [3.8, 4) is 5.75 Å². The number of nitrogens with zero attached hydrogens (tertiary/aromatic N) is 4. The van der Waals surface area contributed by atoms with Crippen LogP contribution in [0.25, 0.3) is 10.9 Å². The van der Waals surface area contributed by atoms with E-state index in [-0.39, 0.29) is 64.4 Å². The van der Waals surface area contributed by atoms with Gasteiger partial charge in [-0.25, -0.2) is 9.18 Å². The summed E-state index contributed by atoms with van der Waals surface area (Å²) in [7, 11) is 1.46. The SMILES string of the molecule is COc1c(N2CC3CCCN(COC(=O)C4CCn5c(C(=O)c6ccccc6)ccc54)C3C2)c(F)c(C)c2c(=O)c(C(=O)O)c(C)n(C3CC3)c12. The minimum Gasteiger partial charge on any atom is -0.492 e. The number of carboxylic acid groups (broad SMARTS) is 1. The highest BCUT2D eigenvalue weighted by atomic mass is 19.1. The smallest absolute Gasteiger partial charge is 0.341 e. The van der Waals surface area contributed by atoms with E-state index >= 15 is 4.39 Å². The first-order chi connectivity index (χ1) is 24.6. The molecule has 4 aromatic rings. The molecule has 3 atom stereocenters. The number of aryl methyl sites for hydroxylation is 1. The highest BCUT2D eigenvalue weighted by Gasteiger charge is 2.43. The van der Waals surface area contributed by atoms with Gasteiger partial charge in [-0.05, 0) is 64.0 Å². The van der Waals surface area contributed by atoms with Crippen LogP contribution < -0.4 is 15.1 Å². The van der Waals surface area contributed by atoms with Gasteiger partial charge < -0.3 is 28.6 Å². The van der Waals surface area contributed by atoms with Crippen molar-refractivity contribution in [2.75, 3.05) is 38.4 Å². The van der Waals surface area contributed by atoms with Gasteiger partial charge in [-0.3, -0.25) is 19.3 Å². The van der Waals surface area contributed by atoms with Gasteiger partial charge in [0.2, 0.25) is 11.2 Å². The fraction of sp³-hybridized carbons (Fsp3) is 0.436. The zero-order valence-electron chi connectivity index (χ0n) is 29.0. The molecule has 0 spiro atoms. The number of likely N-dealkylation sites (tertiary alicyclic amines) is 1. The molecule has 3 aliphatic heterocycles. The lowest BCUT2D eigenvalue weighted by molar-refractivity contribution is -0.152. The van der Waals surface area contributed by atoms with Crippen molar-refractivity contribution in [1.82, 2.24) is 14.0 Å². The highest BCUT2D eigenvalue weighted by molar-refractivity contribution is 6.08. The highest BCUT2D eigenvalue weighted by Crippen LogP contribution is 2.47. The van der Waals surface area contributed by atoms with Crippen LogP contribution in [0.1, 0.15) is 87.4 Å². The molecule has 4 aliphatic rings. The Hall–Kier alpha value is -4.97. The monoisotopic (exact) mass is 696 g/mol. The number of ether oxygens (including phenoxy) is 2. The predicted octanol–water partition coefficient (Wildman–Crippen LogP) is 5.42. The summed E-state index contributed by atoms with van der Waals surface area (Å²) in [6, 6.07) is 12.7. The summed E-state index contributed by atoms with van der Waals surface area (Å²) in [4.78, 5) is 56.6. The van der Waals surface area contributed by atoms with Gasteiger partial charge in [-0.15, -0.1) is 0 Å². The molecule has 12 heteroatoms. The largest absolute Gasteiger partial charge is 0.492 e. The van der Waals surface area contributed by atoms with Gasteiger partial charge in [0, 0.05) is 60.8 Å². The topological polar surface area (TPSA) is 123 Å². The maximum absolute atomic E-state index is 16.5. The van der Waals surface area contributed by atoms with Gasteiger partial charge in [-0.1, -0.05) is 30.3 Å². The summed E-state index contributed by atoms with van der Waals surface area (Å²) in [6.07, 6.45) is 4.05. The van der Waals surface area contributed by atoms with Gasteiger partial charge in [-0.2, -0.15) is 0 Å². The molecule has 0 amide bonds. The molecule has 5 heterocycles. The summed E-state index contributed by atoms with van der Waals surface area (Å²) in [5.41, 5.74) is 2.08. The third kappa shape index (κ3) is 5.33. The molecule has 11 nitrogen and oxygen atoms in total. The summed E-state index contributed by atoms with van der Waals surface area (Å²) < 4.78 is 32.2. The predicted molar refractivity (Wildman–Crippen MR) is 187 cm³/mol. The number of rotatable bonds is 9. The molecule has 2 aromatic heterocycles. The Morgan fingerprint density at radius 3 is 2.45 bits per heavy atom. The standard InChI is InChI=1S/C39H41FN4O7/c1-21-30-33(44(25-11-12-25)22(2)31(36(30)46)38(47)48)37(50-3)34(32(21)40)42-18-24-10-7-16-41(29(24)19-42)20-51-39(49)26-15-17-43-27(26)13-14-28(43)35(45)23-8-5-4-6-9-23/h4-6,8-9,13-14,24-26,29H,7,10-12,15-20H2,1-3H3,(H,47,48). The normalized spacial score (nSPS) is 21.5. The average Bonchev–Trinajstić information content (AvgIpc) is 3.51. The van der Waals surface area contributed by atoms with E-state index in [1.54, 1.807) is 25.1 Å². The van der Waals surface area contributed by atoms with Crippen molar-refractivity contribution in [3.63, 3.8) is 0 Å². The molecular weight excluding hydrogens is 655 g/mol. The Morgan fingerprint density at radius 2 is 1.75 bits per heavy atom. The molecule has 0 bridgehead atoms. The van der Waals surface area contributed by atoms with E-state index in [1.807, 2.05) is 38.3 Å². The Kier molecular flexibility index (Phi) is 8.24. The van der Waals surface area contributed by atoms with Crippen molar-refractivity contribution >= 4 is 34.3 Å². The molecule has 2 saturated heterocycles. The van der Waals surface area contributed by atoms with Crippen LogP contribution in [0.3, 0.4) is 0 Å². The Morgan fingerprint density at radius 1 is 0.980 bits per heavy atom. The van der Waals surface area contributed by atoms with Crippen molar-refractivity contribution in [3.05, 3.63) is 92.3 Å². The van der Waals surface area contributed by atoms with E-state index in [2.05, 4.69) is 4.90 Å². The van der Waals surface area contributed by atoms with Gasteiger partial charge in [0.1, 0.15) is 18.0 Å². The van der Waals surface area contributed by atoms with Crippen LogP contribution in [0.15, 0.2) is 47.3 Å². The first-order valence-corrected chi connectivity index (χ1v) is 17.7. The summed E-state index contributed by atoms with van der Waals surface area (Å²) >= 11 is 0. The number of carboxylic acids is 1. The average molecular weight is 697 g/mol. The van der Waals surface area contributed by atoms with Crippen molar-refractivity contribution < 1.29 is 33.4 Å². The number of aromatic carboxylic acids is 1. The number of benzene rings is 2. The number of anilines is 1. The molecule has 2 aromatic carbocycles. The first kappa shape index (κ1) is 33.2. The lowest BCUT2D eigenvalue weighted by Gasteiger charge is -2.36. The fourth-order valence-electron chi connectivity index (χ4n) is 8.87. The second-order valence-electron chi connectivity index (χ2n) is 14.4.